The number of aromatic nitrogens is 2. The normalized spacial score (nSPS) is 15.6. The Kier molecular flexibility index (Phi) is 4.16. The minimum absolute atomic E-state index is 0.0176. The maximum atomic E-state index is 13.4. The van der Waals surface area contributed by atoms with Crippen molar-refractivity contribution >= 4 is 38.1 Å². The fraction of sp³-hybridized carbons (Fsp3) is 0.273. The number of halogens is 1. The predicted molar refractivity (Wildman–Crippen MR) is 113 cm³/mol. The molecule has 6 heteroatoms. The van der Waals surface area contributed by atoms with E-state index in [0.29, 0.717) is 5.92 Å². The van der Waals surface area contributed by atoms with Crippen molar-refractivity contribution in [2.75, 3.05) is 18.0 Å². The fourth-order valence-corrected chi connectivity index (χ4v) is 5.23. The van der Waals surface area contributed by atoms with Crippen LogP contribution in [0.3, 0.4) is 0 Å². The lowest BCUT2D eigenvalue weighted by Crippen LogP contribution is -2.34. The molecule has 1 saturated heterocycles. The highest BCUT2D eigenvalue weighted by Gasteiger charge is 2.25. The van der Waals surface area contributed by atoms with Gasteiger partial charge in [0, 0.05) is 43.6 Å². The molecule has 0 amide bonds. The molecule has 1 aliphatic rings. The molecular formula is C22H20FN3OS. The van der Waals surface area contributed by atoms with E-state index in [-0.39, 0.29) is 11.4 Å². The molecule has 0 N–H and O–H groups in total. The van der Waals surface area contributed by atoms with Crippen molar-refractivity contribution in [1.29, 1.82) is 0 Å². The maximum absolute atomic E-state index is 13.4. The van der Waals surface area contributed by atoms with Gasteiger partial charge in [0.05, 0.1) is 26.4 Å². The van der Waals surface area contributed by atoms with E-state index in [1.54, 1.807) is 22.0 Å². The van der Waals surface area contributed by atoms with Gasteiger partial charge in [0.1, 0.15) is 5.82 Å². The van der Waals surface area contributed by atoms with Gasteiger partial charge >= 0.3 is 0 Å². The first-order valence-electron chi connectivity index (χ1n) is 9.50. The number of para-hydroxylation sites is 1. The molecule has 28 heavy (non-hydrogen) atoms. The number of hydrogen-bond donors (Lipinski definition) is 0. The fourth-order valence-electron chi connectivity index (χ4n) is 4.11. The monoisotopic (exact) mass is 393 g/mol. The lowest BCUT2D eigenvalue weighted by molar-refractivity contribution is 0.505. The zero-order valence-corrected chi connectivity index (χ0v) is 16.4. The number of pyridine rings is 1. The first-order chi connectivity index (χ1) is 13.6. The summed E-state index contributed by atoms with van der Waals surface area (Å²) in [6.07, 6.45) is 1.96. The van der Waals surface area contributed by atoms with E-state index in [1.807, 2.05) is 31.3 Å². The molecule has 4 nitrogen and oxygen atoms in total. The molecule has 142 valence electrons. The van der Waals surface area contributed by atoms with Gasteiger partial charge in [-0.1, -0.05) is 18.2 Å². The highest BCUT2D eigenvalue weighted by atomic mass is 32.1. The number of benzene rings is 2. The molecule has 0 radical (unpaired) electrons. The second-order valence-corrected chi connectivity index (χ2v) is 8.43. The molecule has 0 saturated carbocycles. The van der Waals surface area contributed by atoms with Gasteiger partial charge in [0.2, 0.25) is 0 Å². The zero-order chi connectivity index (χ0) is 19.3. The summed E-state index contributed by atoms with van der Waals surface area (Å²) < 4.78 is 16.2. The highest BCUT2D eigenvalue weighted by molar-refractivity contribution is 7.18. The molecule has 0 spiro atoms. The van der Waals surface area contributed by atoms with Crippen LogP contribution in [0.25, 0.3) is 21.1 Å². The number of nitrogens with zero attached hydrogens (tertiary/aromatic N) is 3. The Labute approximate surface area is 165 Å². The summed E-state index contributed by atoms with van der Waals surface area (Å²) in [5.74, 6) is 0.145. The topological polar surface area (TPSA) is 38.1 Å². The quantitative estimate of drug-likeness (QED) is 0.497. The number of fused-ring (bicyclic) bond motifs is 2. The molecule has 0 unspecified atom stereocenters. The van der Waals surface area contributed by atoms with E-state index in [2.05, 4.69) is 16.0 Å². The van der Waals surface area contributed by atoms with Crippen molar-refractivity contribution in [2.45, 2.75) is 18.8 Å². The lowest BCUT2D eigenvalue weighted by atomic mass is 9.96. The molecule has 3 heterocycles. The number of rotatable bonds is 2. The second kappa shape index (κ2) is 6.71. The first-order valence-corrected chi connectivity index (χ1v) is 10.3. The van der Waals surface area contributed by atoms with E-state index < -0.39 is 0 Å². The standard InChI is InChI=1S/C22H20FN3OS/c1-25-18-5-3-2-4-16(18)19(13-21(25)27)26-10-8-14(9-11-26)22-24-17-12-15(23)6-7-20(17)28-22/h2-7,12-14H,8-11H2,1H3. The average Bonchev–Trinajstić information content (AvgIpc) is 3.14. The minimum Gasteiger partial charge on any atom is -0.371 e. The largest absolute Gasteiger partial charge is 0.371 e. The molecule has 0 aliphatic carbocycles. The van der Waals surface area contributed by atoms with Gasteiger partial charge in [-0.15, -0.1) is 11.3 Å². The SMILES string of the molecule is Cn1c(=O)cc(N2CCC(c3nc4cc(F)ccc4s3)CC2)c2ccccc21. The van der Waals surface area contributed by atoms with Crippen molar-refractivity contribution in [2.24, 2.45) is 7.05 Å². The molecule has 2 aromatic carbocycles. The third kappa shape index (κ3) is 2.88. The Morgan fingerprint density at radius 2 is 1.89 bits per heavy atom. The Hall–Kier alpha value is -2.73. The molecule has 2 aromatic heterocycles. The van der Waals surface area contributed by atoms with Crippen molar-refractivity contribution in [3.63, 3.8) is 0 Å². The Morgan fingerprint density at radius 1 is 1.11 bits per heavy atom. The highest BCUT2D eigenvalue weighted by Crippen LogP contribution is 2.36. The summed E-state index contributed by atoms with van der Waals surface area (Å²) in [4.78, 5) is 19.4. The van der Waals surface area contributed by atoms with E-state index in [1.165, 1.54) is 12.1 Å². The van der Waals surface area contributed by atoms with E-state index in [9.17, 15) is 9.18 Å². The number of piperidine rings is 1. The van der Waals surface area contributed by atoms with Crippen LogP contribution in [0.2, 0.25) is 0 Å². The van der Waals surface area contributed by atoms with Crippen LogP contribution in [0.15, 0.2) is 53.3 Å². The Morgan fingerprint density at radius 3 is 2.71 bits per heavy atom. The predicted octanol–water partition coefficient (Wildman–Crippen LogP) is 4.67. The van der Waals surface area contributed by atoms with Crippen molar-refractivity contribution in [1.82, 2.24) is 9.55 Å². The van der Waals surface area contributed by atoms with Gasteiger partial charge in [0.15, 0.2) is 0 Å². The van der Waals surface area contributed by atoms with Crippen LogP contribution in [0.5, 0.6) is 0 Å². The minimum atomic E-state index is -0.239. The van der Waals surface area contributed by atoms with Crippen LogP contribution in [0.1, 0.15) is 23.8 Å². The summed E-state index contributed by atoms with van der Waals surface area (Å²) in [5, 5.41) is 2.20. The lowest BCUT2D eigenvalue weighted by Gasteiger charge is -2.33. The van der Waals surface area contributed by atoms with Crippen LogP contribution in [0.4, 0.5) is 10.1 Å². The van der Waals surface area contributed by atoms with Gasteiger partial charge in [-0.05, 0) is 31.0 Å². The van der Waals surface area contributed by atoms with Crippen molar-refractivity contribution in [3.8, 4) is 0 Å². The van der Waals surface area contributed by atoms with Gasteiger partial charge in [-0.25, -0.2) is 9.37 Å². The molecule has 0 atom stereocenters. The molecule has 1 aliphatic heterocycles. The summed E-state index contributed by atoms with van der Waals surface area (Å²) in [7, 11) is 1.82. The van der Waals surface area contributed by atoms with Crippen LogP contribution in [-0.4, -0.2) is 22.6 Å². The number of hydrogen-bond acceptors (Lipinski definition) is 4. The molecule has 4 aromatic rings. The molecule has 1 fully saturated rings. The Balaban J connectivity index is 1.42. The molecule has 5 rings (SSSR count). The molecule has 0 bridgehead atoms. The summed E-state index contributed by atoms with van der Waals surface area (Å²) in [5.41, 5.74) is 2.74. The van der Waals surface area contributed by atoms with Gasteiger partial charge in [0.25, 0.3) is 5.56 Å². The average molecular weight is 393 g/mol. The Bertz CT molecular complexity index is 1240. The van der Waals surface area contributed by atoms with E-state index >= 15 is 0 Å². The summed E-state index contributed by atoms with van der Waals surface area (Å²) in [6.45, 7) is 1.76. The molecular weight excluding hydrogens is 373 g/mol. The third-order valence-electron chi connectivity index (χ3n) is 5.68. The van der Waals surface area contributed by atoms with Crippen molar-refractivity contribution in [3.05, 3.63) is 69.7 Å². The summed E-state index contributed by atoms with van der Waals surface area (Å²) >= 11 is 1.67. The van der Waals surface area contributed by atoms with Gasteiger partial charge < -0.3 is 9.47 Å². The summed E-state index contributed by atoms with van der Waals surface area (Å²) in [6, 6.07) is 14.6. The van der Waals surface area contributed by atoms with Gasteiger partial charge in [-0.3, -0.25) is 4.79 Å². The van der Waals surface area contributed by atoms with Crippen LogP contribution < -0.4 is 10.5 Å². The zero-order valence-electron chi connectivity index (χ0n) is 15.6. The number of anilines is 1. The van der Waals surface area contributed by atoms with Gasteiger partial charge in [-0.2, -0.15) is 0 Å². The number of aryl methyl sites for hydroxylation is 1. The van der Waals surface area contributed by atoms with Crippen LogP contribution in [-0.2, 0) is 7.05 Å². The van der Waals surface area contributed by atoms with Crippen LogP contribution >= 0.6 is 11.3 Å². The smallest absolute Gasteiger partial charge is 0.252 e. The third-order valence-corrected chi connectivity index (χ3v) is 6.88. The van der Waals surface area contributed by atoms with Crippen LogP contribution in [0, 0.1) is 5.82 Å². The first kappa shape index (κ1) is 17.4. The maximum Gasteiger partial charge on any atom is 0.252 e. The second-order valence-electron chi connectivity index (χ2n) is 7.37. The van der Waals surface area contributed by atoms with Crippen molar-refractivity contribution < 1.29 is 4.39 Å². The van der Waals surface area contributed by atoms with E-state index in [4.69, 9.17) is 0 Å². The number of thiazole rings is 1. The van der Waals surface area contributed by atoms with E-state index in [0.717, 1.165) is 57.7 Å².